The van der Waals surface area contributed by atoms with Crippen LogP contribution in [-0.4, -0.2) is 46.3 Å². The molecule has 1 aromatic carbocycles. The number of amides is 2. The van der Waals surface area contributed by atoms with Crippen LogP contribution in [-0.2, 0) is 15.8 Å². The Labute approximate surface area is 187 Å². The molecule has 0 saturated carbocycles. The number of aromatic nitrogens is 2. The summed E-state index contributed by atoms with van der Waals surface area (Å²) in [6, 6.07) is 5.49. The summed E-state index contributed by atoms with van der Waals surface area (Å²) in [4.78, 5) is 34.0. The highest BCUT2D eigenvalue weighted by atomic mass is 19.4. The predicted molar refractivity (Wildman–Crippen MR) is 116 cm³/mol. The van der Waals surface area contributed by atoms with Crippen LogP contribution in [0.3, 0.4) is 0 Å². The molecule has 2 aliphatic heterocycles. The van der Waals surface area contributed by atoms with Gasteiger partial charge in [0.2, 0.25) is 5.91 Å². The van der Waals surface area contributed by atoms with Crippen molar-refractivity contribution in [2.24, 2.45) is 5.73 Å². The summed E-state index contributed by atoms with van der Waals surface area (Å²) in [6.07, 6.45) is -0.975. The zero-order valence-electron chi connectivity index (χ0n) is 17.7. The van der Waals surface area contributed by atoms with E-state index >= 15 is 0 Å². The Bertz CT molecular complexity index is 1130. The molecule has 174 valence electrons. The fourth-order valence-corrected chi connectivity index (χ4v) is 3.87. The van der Waals surface area contributed by atoms with Gasteiger partial charge in [-0.05, 0) is 50.7 Å². The fraction of sp³-hybridized carbons (Fsp3) is 0.333. The first-order valence-corrected chi connectivity index (χ1v) is 10.3. The Balaban J connectivity index is 1.58. The van der Waals surface area contributed by atoms with E-state index in [1.807, 2.05) is 11.9 Å². The van der Waals surface area contributed by atoms with Crippen LogP contribution in [0.15, 0.2) is 36.3 Å². The lowest BCUT2D eigenvalue weighted by molar-refractivity contribution is -0.141. The fourth-order valence-electron chi connectivity index (χ4n) is 3.87. The average Bonchev–Trinajstić information content (AvgIpc) is 3.16. The maximum atomic E-state index is 13.0. The number of benzene rings is 1. The van der Waals surface area contributed by atoms with Gasteiger partial charge in [-0.3, -0.25) is 14.5 Å². The van der Waals surface area contributed by atoms with Gasteiger partial charge in [0.25, 0.3) is 5.91 Å². The van der Waals surface area contributed by atoms with E-state index in [9.17, 15) is 22.8 Å². The normalized spacial score (nSPS) is 19.8. The van der Waals surface area contributed by atoms with Crippen LogP contribution in [0.25, 0.3) is 5.57 Å². The van der Waals surface area contributed by atoms with E-state index in [0.29, 0.717) is 23.1 Å². The van der Waals surface area contributed by atoms with Gasteiger partial charge in [-0.25, -0.2) is 9.97 Å². The third-order valence-corrected chi connectivity index (χ3v) is 5.55. The lowest BCUT2D eigenvalue weighted by atomic mass is 10.0. The Morgan fingerprint density at radius 1 is 1.18 bits per heavy atom. The minimum Gasteiger partial charge on any atom is -0.365 e. The maximum Gasteiger partial charge on any atom is 0.433 e. The van der Waals surface area contributed by atoms with Crippen LogP contribution >= 0.6 is 0 Å². The van der Waals surface area contributed by atoms with Gasteiger partial charge in [0.05, 0.1) is 17.4 Å². The van der Waals surface area contributed by atoms with Gasteiger partial charge in [0.15, 0.2) is 5.82 Å². The van der Waals surface area contributed by atoms with E-state index in [2.05, 4.69) is 25.9 Å². The Morgan fingerprint density at radius 3 is 2.64 bits per heavy atom. The minimum atomic E-state index is -4.70. The van der Waals surface area contributed by atoms with E-state index in [4.69, 9.17) is 5.73 Å². The number of carbonyl (C=O) groups is 2. The molecular weight excluding hydrogens is 439 g/mol. The predicted octanol–water partition coefficient (Wildman–Crippen LogP) is 2.61. The van der Waals surface area contributed by atoms with Crippen molar-refractivity contribution in [3.05, 3.63) is 47.8 Å². The third kappa shape index (κ3) is 4.75. The van der Waals surface area contributed by atoms with Gasteiger partial charge in [-0.15, -0.1) is 0 Å². The highest BCUT2D eigenvalue weighted by Crippen LogP contribution is 2.36. The first kappa shape index (κ1) is 22.5. The first-order chi connectivity index (χ1) is 15.6. The van der Waals surface area contributed by atoms with Crippen LogP contribution in [0.2, 0.25) is 0 Å². The van der Waals surface area contributed by atoms with Gasteiger partial charge in [-0.1, -0.05) is 6.42 Å². The molecule has 33 heavy (non-hydrogen) atoms. The van der Waals surface area contributed by atoms with Crippen LogP contribution in [0.1, 0.15) is 30.8 Å². The number of carbonyl (C=O) groups excluding carboxylic acids is 2. The Morgan fingerprint density at radius 2 is 1.94 bits per heavy atom. The number of anilines is 3. The summed E-state index contributed by atoms with van der Waals surface area (Å²) in [5, 5.41) is 8.72. The molecule has 1 atom stereocenters. The monoisotopic (exact) mass is 461 g/mol. The van der Waals surface area contributed by atoms with Gasteiger partial charge in [0, 0.05) is 11.9 Å². The molecular formula is C21H22F3N7O2. The summed E-state index contributed by atoms with van der Waals surface area (Å²) in [7, 11) is 1.91. The standard InChI is InChI=1S/C21H22F3N7O2/c1-31-9-3-2-4-14(31)20(33)27-11-5-6-12-13(10-11)29-19(28-12)16(17(25)32)18-26-8-7-15(30-18)21(22,23)24/h5-8,10,14,28-29H,2-4,9H2,1H3,(H2,25,32)(H,27,33)/b19-16+/t14-/m1/s1. The van der Waals surface area contributed by atoms with Crippen molar-refractivity contribution in [3.63, 3.8) is 0 Å². The summed E-state index contributed by atoms with van der Waals surface area (Å²) >= 11 is 0. The molecule has 1 fully saturated rings. The summed E-state index contributed by atoms with van der Waals surface area (Å²) in [5.41, 5.74) is 5.49. The number of nitrogens with one attached hydrogen (secondary N) is 3. The van der Waals surface area contributed by atoms with E-state index in [0.717, 1.165) is 32.0 Å². The van der Waals surface area contributed by atoms with Crippen molar-refractivity contribution in [2.45, 2.75) is 31.5 Å². The molecule has 5 N–H and O–H groups in total. The second kappa shape index (κ2) is 8.70. The molecule has 0 bridgehead atoms. The SMILES string of the molecule is CN1CCCC[C@@H]1C(=O)Nc1ccc2c(c1)N/C(=C(\C(N)=O)c1nccc(C(F)(F)F)n1)N2. The number of hydrogen-bond donors (Lipinski definition) is 4. The quantitative estimate of drug-likeness (QED) is 0.516. The largest absolute Gasteiger partial charge is 0.433 e. The van der Waals surface area contributed by atoms with Crippen molar-refractivity contribution >= 4 is 34.4 Å². The molecule has 2 amide bonds. The number of nitrogens with zero attached hydrogens (tertiary/aromatic N) is 3. The van der Waals surface area contributed by atoms with E-state index in [-0.39, 0.29) is 23.3 Å². The summed E-state index contributed by atoms with van der Waals surface area (Å²) < 4.78 is 39.1. The molecule has 1 saturated heterocycles. The second-order valence-corrected chi connectivity index (χ2v) is 7.87. The van der Waals surface area contributed by atoms with Crippen molar-refractivity contribution in [2.75, 3.05) is 29.5 Å². The smallest absolute Gasteiger partial charge is 0.365 e. The molecule has 4 rings (SSSR count). The lowest BCUT2D eigenvalue weighted by Gasteiger charge is -2.31. The molecule has 0 aliphatic carbocycles. The van der Waals surface area contributed by atoms with Gasteiger partial charge in [0.1, 0.15) is 17.1 Å². The third-order valence-electron chi connectivity index (χ3n) is 5.55. The van der Waals surface area contributed by atoms with Crippen molar-refractivity contribution in [1.82, 2.24) is 14.9 Å². The highest BCUT2D eigenvalue weighted by molar-refractivity contribution is 6.20. The number of fused-ring (bicyclic) bond motifs is 1. The lowest BCUT2D eigenvalue weighted by Crippen LogP contribution is -2.44. The van der Waals surface area contributed by atoms with E-state index in [1.54, 1.807) is 18.2 Å². The molecule has 0 spiro atoms. The molecule has 1 aromatic heterocycles. The number of likely N-dealkylation sites (tertiary alicyclic amines) is 1. The molecule has 0 unspecified atom stereocenters. The van der Waals surface area contributed by atoms with Gasteiger partial charge < -0.3 is 21.7 Å². The summed E-state index contributed by atoms with van der Waals surface area (Å²) in [5.74, 6) is -1.54. The van der Waals surface area contributed by atoms with Crippen LogP contribution in [0.5, 0.6) is 0 Å². The molecule has 3 heterocycles. The van der Waals surface area contributed by atoms with E-state index in [1.165, 1.54) is 0 Å². The number of nitrogens with two attached hydrogens (primary N) is 1. The second-order valence-electron chi connectivity index (χ2n) is 7.87. The van der Waals surface area contributed by atoms with Crippen molar-refractivity contribution in [3.8, 4) is 0 Å². The zero-order valence-corrected chi connectivity index (χ0v) is 17.7. The minimum absolute atomic E-state index is 0.0484. The topological polar surface area (TPSA) is 125 Å². The number of alkyl halides is 3. The first-order valence-electron chi connectivity index (χ1n) is 10.3. The van der Waals surface area contributed by atoms with Gasteiger partial charge in [-0.2, -0.15) is 13.2 Å². The number of rotatable bonds is 4. The summed E-state index contributed by atoms with van der Waals surface area (Å²) in [6.45, 7) is 0.857. The molecule has 2 aliphatic rings. The maximum absolute atomic E-state index is 13.0. The highest BCUT2D eigenvalue weighted by Gasteiger charge is 2.34. The molecule has 0 radical (unpaired) electrons. The van der Waals surface area contributed by atoms with Crippen LogP contribution in [0, 0.1) is 0 Å². The molecule has 12 heteroatoms. The number of piperidine rings is 1. The number of likely N-dealkylation sites (N-methyl/N-ethyl adjacent to an activating group) is 1. The number of hydrogen-bond acceptors (Lipinski definition) is 7. The zero-order chi connectivity index (χ0) is 23.8. The van der Waals surface area contributed by atoms with Gasteiger partial charge >= 0.3 is 6.18 Å². The van der Waals surface area contributed by atoms with Crippen LogP contribution < -0.4 is 21.7 Å². The van der Waals surface area contributed by atoms with E-state index < -0.39 is 23.6 Å². The van der Waals surface area contributed by atoms with Crippen LogP contribution in [0.4, 0.5) is 30.2 Å². The number of primary amides is 1. The average molecular weight is 461 g/mol. The van der Waals surface area contributed by atoms with Crippen molar-refractivity contribution < 1.29 is 22.8 Å². The molecule has 2 aromatic rings. The number of halogens is 3. The molecule has 9 nitrogen and oxygen atoms in total. The van der Waals surface area contributed by atoms with Crippen molar-refractivity contribution in [1.29, 1.82) is 0 Å². The Kier molecular flexibility index (Phi) is 5.93. The Hall–Kier alpha value is -3.67.